The molecule has 3 N–H and O–H groups in total. The Morgan fingerprint density at radius 2 is 1.90 bits per heavy atom. The summed E-state index contributed by atoms with van der Waals surface area (Å²) in [5.74, 6) is -0.910. The Bertz CT molecular complexity index is 1010. The van der Waals surface area contributed by atoms with Gasteiger partial charge in [-0.25, -0.2) is 0 Å². The van der Waals surface area contributed by atoms with E-state index in [1.165, 1.54) is 18.2 Å². The summed E-state index contributed by atoms with van der Waals surface area (Å²) < 4.78 is 41.5. The van der Waals surface area contributed by atoms with Gasteiger partial charge in [0.15, 0.2) is 6.61 Å². The van der Waals surface area contributed by atoms with Crippen molar-refractivity contribution in [1.82, 2.24) is 5.32 Å². The molecule has 1 aliphatic rings. The first kappa shape index (κ1) is 22.0. The van der Waals surface area contributed by atoms with E-state index in [-0.39, 0.29) is 29.8 Å². The highest BCUT2D eigenvalue weighted by Gasteiger charge is 2.29. The normalized spacial score (nSPS) is 13.1. The zero-order valence-corrected chi connectivity index (χ0v) is 16.3. The lowest BCUT2D eigenvalue weighted by atomic mass is 10.1. The van der Waals surface area contributed by atoms with Gasteiger partial charge in [0.2, 0.25) is 5.91 Å². The van der Waals surface area contributed by atoms with Crippen molar-refractivity contribution in [2.75, 3.05) is 23.8 Å². The van der Waals surface area contributed by atoms with E-state index < -0.39 is 18.7 Å². The number of nitriles is 1. The van der Waals surface area contributed by atoms with Gasteiger partial charge in [-0.2, -0.15) is 18.4 Å². The third-order valence-corrected chi connectivity index (χ3v) is 4.30. The summed E-state index contributed by atoms with van der Waals surface area (Å²) in [5, 5.41) is 17.4. The molecule has 1 aliphatic carbocycles. The second-order valence-corrected chi connectivity index (χ2v) is 6.92. The molecule has 2 aromatic rings. The largest absolute Gasteiger partial charge is 0.483 e. The molecule has 10 heteroatoms. The first-order chi connectivity index (χ1) is 14.7. The van der Waals surface area contributed by atoms with Crippen LogP contribution < -0.4 is 20.7 Å². The molecule has 3 rings (SSSR count). The fourth-order valence-electron chi connectivity index (χ4n) is 2.67. The molecular weight excluding hydrogens is 413 g/mol. The number of halogens is 3. The molecule has 162 valence electrons. The molecule has 7 nitrogen and oxygen atoms in total. The van der Waals surface area contributed by atoms with E-state index in [2.05, 4.69) is 20.7 Å². The van der Waals surface area contributed by atoms with Crippen LogP contribution in [0.3, 0.4) is 0 Å². The van der Waals surface area contributed by atoms with Gasteiger partial charge in [-0.3, -0.25) is 9.59 Å². The van der Waals surface area contributed by atoms with Crippen molar-refractivity contribution >= 4 is 23.2 Å². The fourth-order valence-corrected chi connectivity index (χ4v) is 2.67. The minimum absolute atomic E-state index is 0.100. The molecule has 0 heterocycles. The van der Waals surface area contributed by atoms with Gasteiger partial charge in [0.1, 0.15) is 11.8 Å². The Kier molecular flexibility index (Phi) is 6.65. The number of amides is 2. The molecule has 1 fully saturated rings. The van der Waals surface area contributed by atoms with Gasteiger partial charge >= 0.3 is 6.18 Å². The van der Waals surface area contributed by atoms with E-state index in [0.29, 0.717) is 16.9 Å². The highest BCUT2D eigenvalue weighted by atomic mass is 19.4. The van der Waals surface area contributed by atoms with Crippen LogP contribution in [0.4, 0.5) is 24.5 Å². The van der Waals surface area contributed by atoms with Gasteiger partial charge in [0, 0.05) is 11.7 Å². The average molecular weight is 432 g/mol. The van der Waals surface area contributed by atoms with Gasteiger partial charge in [0.25, 0.3) is 5.91 Å². The van der Waals surface area contributed by atoms with Gasteiger partial charge in [-0.15, -0.1) is 0 Å². The quantitative estimate of drug-likeness (QED) is 0.593. The lowest BCUT2D eigenvalue weighted by molar-refractivity contribution is -0.153. The third kappa shape index (κ3) is 6.64. The lowest BCUT2D eigenvalue weighted by Crippen LogP contribution is -2.28. The van der Waals surface area contributed by atoms with Gasteiger partial charge in [-0.05, 0) is 43.2 Å². The molecule has 0 atom stereocenters. The van der Waals surface area contributed by atoms with Crippen LogP contribution >= 0.6 is 0 Å². The standard InChI is InChI=1S/C21H19F3N4O3/c22-21(23,24)12-31-18-8-7-15(9-13(18)10-25)26-11-19(29)28-17-4-2-1-3-16(17)20(30)27-14-5-6-14/h1-4,7-9,14,26H,5-6,11-12H2,(H,27,30)(H,28,29). The van der Waals surface area contributed by atoms with E-state index >= 15 is 0 Å². The maximum Gasteiger partial charge on any atom is 0.422 e. The van der Waals surface area contributed by atoms with Crippen molar-refractivity contribution < 1.29 is 27.5 Å². The molecule has 0 unspecified atom stereocenters. The minimum atomic E-state index is -4.52. The number of alkyl halides is 3. The zero-order chi connectivity index (χ0) is 22.4. The summed E-state index contributed by atoms with van der Waals surface area (Å²) >= 11 is 0. The summed E-state index contributed by atoms with van der Waals surface area (Å²) in [5.41, 5.74) is 0.962. The molecular formula is C21H19F3N4O3. The van der Waals surface area contributed by atoms with Crippen molar-refractivity contribution in [2.45, 2.75) is 25.1 Å². The number of carbonyl (C=O) groups excluding carboxylic acids is 2. The predicted octanol–water partition coefficient (Wildman–Crippen LogP) is 3.44. The molecule has 31 heavy (non-hydrogen) atoms. The van der Waals surface area contributed by atoms with Crippen LogP contribution in [-0.4, -0.2) is 37.2 Å². The smallest absolute Gasteiger partial charge is 0.422 e. The van der Waals surface area contributed by atoms with Crippen molar-refractivity contribution in [2.24, 2.45) is 0 Å². The number of carbonyl (C=O) groups is 2. The molecule has 0 radical (unpaired) electrons. The minimum Gasteiger partial charge on any atom is -0.483 e. The van der Waals surface area contributed by atoms with Crippen molar-refractivity contribution in [3.05, 3.63) is 53.6 Å². The van der Waals surface area contributed by atoms with Crippen LogP contribution in [0.2, 0.25) is 0 Å². The molecule has 0 aromatic heterocycles. The Morgan fingerprint density at radius 1 is 1.16 bits per heavy atom. The molecule has 0 saturated heterocycles. The average Bonchev–Trinajstić information content (AvgIpc) is 3.54. The number of ether oxygens (including phenoxy) is 1. The number of rotatable bonds is 8. The fraction of sp³-hybridized carbons (Fsp3) is 0.286. The van der Waals surface area contributed by atoms with Crippen LogP contribution in [0.5, 0.6) is 5.75 Å². The van der Waals surface area contributed by atoms with E-state index in [0.717, 1.165) is 12.8 Å². The number of benzene rings is 2. The van der Waals surface area contributed by atoms with Crippen molar-refractivity contribution in [3.8, 4) is 11.8 Å². The van der Waals surface area contributed by atoms with E-state index in [9.17, 15) is 22.8 Å². The SMILES string of the molecule is N#Cc1cc(NCC(=O)Nc2ccccc2C(=O)NC2CC2)ccc1OCC(F)(F)F. The predicted molar refractivity (Wildman–Crippen MR) is 107 cm³/mol. The van der Waals surface area contributed by atoms with Gasteiger partial charge < -0.3 is 20.7 Å². The number of anilines is 2. The number of para-hydroxylation sites is 1. The third-order valence-electron chi connectivity index (χ3n) is 4.30. The number of nitrogens with zero attached hydrogens (tertiary/aromatic N) is 1. The molecule has 2 aromatic carbocycles. The number of nitrogens with one attached hydrogen (secondary N) is 3. The first-order valence-electron chi connectivity index (χ1n) is 9.42. The highest BCUT2D eigenvalue weighted by molar-refractivity contribution is 6.04. The molecule has 0 aliphatic heterocycles. The van der Waals surface area contributed by atoms with Crippen molar-refractivity contribution in [3.63, 3.8) is 0 Å². The summed E-state index contributed by atoms with van der Waals surface area (Å²) in [6.07, 6.45) is -2.64. The highest BCUT2D eigenvalue weighted by Crippen LogP contribution is 2.25. The summed E-state index contributed by atoms with van der Waals surface area (Å²) in [6, 6.07) is 12.5. The van der Waals surface area contributed by atoms with Crippen molar-refractivity contribution in [1.29, 1.82) is 5.26 Å². The Balaban J connectivity index is 1.59. The van der Waals surface area contributed by atoms with E-state index in [1.807, 2.05) is 0 Å². The van der Waals surface area contributed by atoms with Gasteiger partial charge in [0.05, 0.1) is 23.4 Å². The van der Waals surface area contributed by atoms with E-state index in [4.69, 9.17) is 5.26 Å². The maximum atomic E-state index is 12.3. The first-order valence-corrected chi connectivity index (χ1v) is 9.42. The number of hydrogen-bond donors (Lipinski definition) is 3. The Hall–Kier alpha value is -3.74. The van der Waals surface area contributed by atoms with Crippen LogP contribution in [0.15, 0.2) is 42.5 Å². The topological polar surface area (TPSA) is 103 Å². The lowest BCUT2D eigenvalue weighted by Gasteiger charge is -2.13. The molecule has 2 amide bonds. The second-order valence-electron chi connectivity index (χ2n) is 6.92. The van der Waals surface area contributed by atoms with Crippen LogP contribution in [0, 0.1) is 11.3 Å². The summed E-state index contributed by atoms with van der Waals surface area (Å²) in [7, 11) is 0. The van der Waals surface area contributed by atoms with Crippen LogP contribution in [0.1, 0.15) is 28.8 Å². The Labute approximate surface area is 176 Å². The van der Waals surface area contributed by atoms with Crippen LogP contribution in [-0.2, 0) is 4.79 Å². The zero-order valence-electron chi connectivity index (χ0n) is 16.3. The van der Waals surface area contributed by atoms with Crippen LogP contribution in [0.25, 0.3) is 0 Å². The molecule has 1 saturated carbocycles. The monoisotopic (exact) mass is 432 g/mol. The maximum absolute atomic E-state index is 12.3. The molecule has 0 spiro atoms. The second kappa shape index (κ2) is 9.38. The summed E-state index contributed by atoms with van der Waals surface area (Å²) in [4.78, 5) is 24.6. The van der Waals surface area contributed by atoms with E-state index in [1.54, 1.807) is 30.3 Å². The molecule has 0 bridgehead atoms. The number of hydrogen-bond acceptors (Lipinski definition) is 5. The van der Waals surface area contributed by atoms with Gasteiger partial charge in [-0.1, -0.05) is 12.1 Å². The Morgan fingerprint density at radius 3 is 2.58 bits per heavy atom. The summed E-state index contributed by atoms with van der Waals surface area (Å²) in [6.45, 7) is -1.70.